The topological polar surface area (TPSA) is 156 Å². The van der Waals surface area contributed by atoms with E-state index >= 15 is 0 Å². The number of benzene rings is 1. The van der Waals surface area contributed by atoms with Crippen molar-refractivity contribution in [3.05, 3.63) is 35.4 Å². The van der Waals surface area contributed by atoms with E-state index < -0.39 is 11.9 Å². The summed E-state index contributed by atoms with van der Waals surface area (Å²) in [4.78, 5) is 20.7. The van der Waals surface area contributed by atoms with Crippen LogP contribution in [0, 0.1) is 0 Å². The van der Waals surface area contributed by atoms with E-state index in [0.717, 1.165) is 14.2 Å². The molecule has 8 heteroatoms. The van der Waals surface area contributed by atoms with Crippen LogP contribution in [0.1, 0.15) is 59.2 Å². The number of carboxylic acid groups (broad SMARTS) is 2. The van der Waals surface area contributed by atoms with Crippen LogP contribution in [-0.2, 0) is 0 Å². The van der Waals surface area contributed by atoms with Gasteiger partial charge in [0, 0.05) is 14.2 Å². The number of carboxylic acids is 2. The molecular weight excluding hydrogens is 344 g/mol. The van der Waals surface area contributed by atoms with E-state index in [9.17, 15) is 9.59 Å². The summed E-state index contributed by atoms with van der Waals surface area (Å²) in [7, 11) is 2.00. The highest BCUT2D eigenvalue weighted by atomic mass is 16.4. The Bertz CT molecular complexity index is 381. The molecule has 1 aliphatic rings. The van der Waals surface area contributed by atoms with Crippen LogP contribution in [-0.4, -0.2) is 70.0 Å². The van der Waals surface area contributed by atoms with Gasteiger partial charge < -0.3 is 30.6 Å². The minimum absolute atomic E-state index is 0.0833. The third kappa shape index (κ3) is 18.3. The molecule has 1 saturated carbocycles. The first-order chi connectivity index (χ1) is 12.5. The molecule has 0 bridgehead atoms. The predicted octanol–water partition coefficient (Wildman–Crippen LogP) is 1.61. The van der Waals surface area contributed by atoms with Crippen LogP contribution in [0.2, 0.25) is 0 Å². The third-order valence-electron chi connectivity index (χ3n) is 2.98. The second kappa shape index (κ2) is 23.0. The van der Waals surface area contributed by atoms with E-state index in [1.165, 1.54) is 62.8 Å². The molecule has 2 rings (SSSR count). The molecule has 0 spiro atoms. The molecule has 0 amide bonds. The first-order valence-corrected chi connectivity index (χ1v) is 8.20. The zero-order valence-corrected chi connectivity index (χ0v) is 15.5. The van der Waals surface area contributed by atoms with Gasteiger partial charge in [0.05, 0.1) is 24.3 Å². The molecule has 1 fully saturated rings. The van der Waals surface area contributed by atoms with E-state index in [-0.39, 0.29) is 24.3 Å². The van der Waals surface area contributed by atoms with Gasteiger partial charge in [-0.15, -0.1) is 0 Å². The molecule has 0 aliphatic heterocycles. The van der Waals surface area contributed by atoms with Gasteiger partial charge in [0.25, 0.3) is 0 Å². The van der Waals surface area contributed by atoms with Gasteiger partial charge in [-0.3, -0.25) is 0 Å². The molecule has 6 N–H and O–H groups in total. The Kier molecular flexibility index (Phi) is 25.5. The number of hydrogen-bond acceptors (Lipinski definition) is 6. The maximum Gasteiger partial charge on any atom is 0.335 e. The van der Waals surface area contributed by atoms with Crippen molar-refractivity contribution in [1.29, 1.82) is 0 Å². The quantitative estimate of drug-likeness (QED) is 0.465. The third-order valence-corrected chi connectivity index (χ3v) is 2.98. The van der Waals surface area contributed by atoms with Crippen LogP contribution in [0.5, 0.6) is 0 Å². The molecule has 0 radical (unpaired) electrons. The molecule has 0 aromatic heterocycles. The minimum atomic E-state index is -1.06. The van der Waals surface area contributed by atoms with Crippen molar-refractivity contribution in [3.63, 3.8) is 0 Å². The Morgan fingerprint density at radius 1 is 0.654 bits per heavy atom. The second-order valence-corrected chi connectivity index (χ2v) is 4.76. The minimum Gasteiger partial charge on any atom is -0.478 e. The van der Waals surface area contributed by atoms with Crippen LogP contribution in [0.15, 0.2) is 24.3 Å². The van der Waals surface area contributed by atoms with Gasteiger partial charge in [-0.1, -0.05) is 38.5 Å². The fourth-order valence-electron chi connectivity index (χ4n) is 1.82. The summed E-state index contributed by atoms with van der Waals surface area (Å²) in [5.41, 5.74) is 0.167. The zero-order valence-electron chi connectivity index (χ0n) is 15.5. The van der Waals surface area contributed by atoms with E-state index in [1.54, 1.807) is 0 Å². The number of rotatable bonds is 3. The molecule has 0 saturated heterocycles. The van der Waals surface area contributed by atoms with Gasteiger partial charge in [-0.05, 0) is 24.3 Å². The SMILES string of the molecule is C1CCCCC1.CO.CO.O=C(O)c1ccc(C(=O)O)cc1.OCCO. The maximum atomic E-state index is 10.3. The van der Waals surface area contributed by atoms with Crippen molar-refractivity contribution >= 4 is 11.9 Å². The second-order valence-electron chi connectivity index (χ2n) is 4.76. The van der Waals surface area contributed by atoms with Crippen molar-refractivity contribution < 1.29 is 40.2 Å². The fraction of sp³-hybridized carbons (Fsp3) is 0.556. The molecule has 1 aliphatic carbocycles. The fourth-order valence-corrected chi connectivity index (χ4v) is 1.82. The maximum absolute atomic E-state index is 10.3. The summed E-state index contributed by atoms with van der Waals surface area (Å²) in [5, 5.41) is 46.2. The molecule has 1 aromatic rings. The Labute approximate surface area is 154 Å². The summed E-state index contributed by atoms with van der Waals surface area (Å²) in [6, 6.07) is 5.02. The number of aliphatic hydroxyl groups excluding tert-OH is 4. The van der Waals surface area contributed by atoms with Crippen molar-refractivity contribution in [2.75, 3.05) is 27.4 Å². The summed E-state index contributed by atoms with van der Waals surface area (Å²) < 4.78 is 0. The summed E-state index contributed by atoms with van der Waals surface area (Å²) in [6.07, 6.45) is 9.00. The number of aromatic carboxylic acids is 2. The highest BCUT2D eigenvalue weighted by Crippen LogP contribution is 2.15. The van der Waals surface area contributed by atoms with Crippen molar-refractivity contribution in [2.24, 2.45) is 0 Å². The predicted molar refractivity (Wildman–Crippen MR) is 98.5 cm³/mol. The molecule has 26 heavy (non-hydrogen) atoms. The van der Waals surface area contributed by atoms with Gasteiger partial charge in [0.2, 0.25) is 0 Å². The lowest BCUT2D eigenvalue weighted by Crippen LogP contribution is -1.99. The molecule has 0 heterocycles. The molecule has 152 valence electrons. The molecule has 0 atom stereocenters. The van der Waals surface area contributed by atoms with Gasteiger partial charge in [0.15, 0.2) is 0 Å². The van der Waals surface area contributed by atoms with Crippen molar-refractivity contribution in [3.8, 4) is 0 Å². The lowest BCUT2D eigenvalue weighted by Gasteiger charge is -2.05. The van der Waals surface area contributed by atoms with Crippen LogP contribution in [0.25, 0.3) is 0 Å². The Hall–Kier alpha value is -2.00. The average Bonchev–Trinajstić information content (AvgIpc) is 2.73. The molecule has 0 unspecified atom stereocenters. The Balaban J connectivity index is -0.000000317. The van der Waals surface area contributed by atoms with E-state index in [4.69, 9.17) is 30.6 Å². The van der Waals surface area contributed by atoms with Gasteiger partial charge in [0.1, 0.15) is 0 Å². The highest BCUT2D eigenvalue weighted by molar-refractivity contribution is 5.91. The molecule has 1 aromatic carbocycles. The first-order valence-electron chi connectivity index (χ1n) is 8.20. The highest BCUT2D eigenvalue weighted by Gasteiger charge is 2.04. The van der Waals surface area contributed by atoms with E-state index in [0.29, 0.717) is 0 Å². The van der Waals surface area contributed by atoms with E-state index in [1.807, 2.05) is 0 Å². The summed E-state index contributed by atoms with van der Waals surface area (Å²) >= 11 is 0. The summed E-state index contributed by atoms with van der Waals surface area (Å²) in [6.45, 7) is -0.250. The smallest absolute Gasteiger partial charge is 0.335 e. The standard InChI is InChI=1S/C8H6O4.C6H12.C2H6O2.2CH4O/c9-7(10)5-1-2-6(4-3-5)8(11)12;1-2-4-6-5-3-1;3-1-2-4;2*1-2/h1-4H,(H,9,10)(H,11,12);1-6H2;3-4H,1-2H2;2*2H,1H3. The lowest BCUT2D eigenvalue weighted by molar-refractivity contribution is 0.0681. The van der Waals surface area contributed by atoms with Crippen LogP contribution in [0.4, 0.5) is 0 Å². The van der Waals surface area contributed by atoms with Crippen LogP contribution >= 0.6 is 0 Å². The van der Waals surface area contributed by atoms with Crippen molar-refractivity contribution in [2.45, 2.75) is 38.5 Å². The first kappa shape index (κ1) is 28.8. The number of carbonyl (C=O) groups is 2. The van der Waals surface area contributed by atoms with Gasteiger partial charge in [-0.25, -0.2) is 9.59 Å². The molecular formula is C18H32O8. The Morgan fingerprint density at radius 3 is 0.962 bits per heavy atom. The van der Waals surface area contributed by atoms with Crippen LogP contribution in [0.3, 0.4) is 0 Å². The van der Waals surface area contributed by atoms with Gasteiger partial charge in [-0.2, -0.15) is 0 Å². The monoisotopic (exact) mass is 376 g/mol. The van der Waals surface area contributed by atoms with Crippen LogP contribution < -0.4 is 0 Å². The molecule has 8 nitrogen and oxygen atoms in total. The largest absolute Gasteiger partial charge is 0.478 e. The lowest BCUT2D eigenvalue weighted by atomic mass is 10.0. The summed E-state index contributed by atoms with van der Waals surface area (Å²) in [5.74, 6) is -2.13. The normalized spacial score (nSPS) is 11.5. The number of hydrogen-bond donors (Lipinski definition) is 6. The van der Waals surface area contributed by atoms with Gasteiger partial charge >= 0.3 is 11.9 Å². The zero-order chi connectivity index (χ0) is 20.8. The Morgan fingerprint density at radius 2 is 0.846 bits per heavy atom. The average molecular weight is 376 g/mol. The number of aliphatic hydroxyl groups is 4. The van der Waals surface area contributed by atoms with E-state index in [2.05, 4.69) is 0 Å². The van der Waals surface area contributed by atoms with Crippen molar-refractivity contribution in [1.82, 2.24) is 0 Å².